The van der Waals surface area contributed by atoms with Crippen LogP contribution in [0.3, 0.4) is 0 Å². The number of Topliss-reactive ketones (excluding diaryl/α,β-unsaturated/α-hetero) is 1. The van der Waals surface area contributed by atoms with Crippen molar-refractivity contribution in [1.29, 1.82) is 0 Å². The largest absolute Gasteiger partial charge is 0.454 e. The van der Waals surface area contributed by atoms with Crippen LogP contribution in [0.5, 0.6) is 5.75 Å². The Hall–Kier alpha value is -3.50. The number of ether oxygens (including phenoxy) is 2. The van der Waals surface area contributed by atoms with Gasteiger partial charge in [-0.3, -0.25) is 19.1 Å². The zero-order chi connectivity index (χ0) is 20.8. The highest BCUT2D eigenvalue weighted by molar-refractivity contribution is 6.02. The lowest BCUT2D eigenvalue weighted by Crippen LogP contribution is -2.37. The van der Waals surface area contributed by atoms with Crippen molar-refractivity contribution in [2.24, 2.45) is 0 Å². The number of H-pyrrole nitrogens is 1. The minimum atomic E-state index is -3.00. The number of nitrogen functional groups attached to an aromatic ring is 1. The van der Waals surface area contributed by atoms with Gasteiger partial charge in [-0.05, 0) is 30.7 Å². The fourth-order valence-corrected chi connectivity index (χ4v) is 2.36. The van der Waals surface area contributed by atoms with Crippen LogP contribution in [-0.2, 0) is 11.3 Å². The number of carbonyl (C=O) groups is 2. The van der Waals surface area contributed by atoms with Crippen molar-refractivity contribution in [3.8, 4) is 5.75 Å². The van der Waals surface area contributed by atoms with Gasteiger partial charge >= 0.3 is 18.3 Å². The van der Waals surface area contributed by atoms with E-state index in [-0.39, 0.29) is 23.7 Å². The van der Waals surface area contributed by atoms with Gasteiger partial charge in [-0.2, -0.15) is 8.78 Å². The van der Waals surface area contributed by atoms with Crippen molar-refractivity contribution < 1.29 is 27.8 Å². The number of nitrogens with two attached hydrogens (primary N) is 1. The summed E-state index contributed by atoms with van der Waals surface area (Å²) in [4.78, 5) is 49.9. The summed E-state index contributed by atoms with van der Waals surface area (Å²) in [5.74, 6) is -2.28. The lowest BCUT2D eigenvalue weighted by atomic mass is 10.2. The van der Waals surface area contributed by atoms with Crippen LogP contribution in [0.1, 0.15) is 34.1 Å². The van der Waals surface area contributed by atoms with Crippen molar-refractivity contribution in [1.82, 2.24) is 9.55 Å². The molecule has 0 bridgehead atoms. The number of benzene rings is 1. The first kappa shape index (κ1) is 20.8. The Balaban J connectivity index is 2.12. The second-order valence-corrected chi connectivity index (χ2v) is 5.57. The number of alkyl halides is 2. The second kappa shape index (κ2) is 8.93. The van der Waals surface area contributed by atoms with E-state index in [0.717, 1.165) is 16.7 Å². The zero-order valence-corrected chi connectivity index (χ0v) is 14.7. The lowest BCUT2D eigenvalue weighted by molar-refractivity contribution is -0.0498. The number of nitrogens with zero attached hydrogens (tertiary/aromatic N) is 1. The molecule has 3 N–H and O–H groups in total. The third-order valence-electron chi connectivity index (χ3n) is 3.62. The quantitative estimate of drug-likeness (QED) is 0.504. The number of aromatic amines is 1. The maximum Gasteiger partial charge on any atom is 0.387 e. The molecule has 1 aromatic heterocycles. The van der Waals surface area contributed by atoms with Crippen molar-refractivity contribution in [3.05, 3.63) is 56.2 Å². The highest BCUT2D eigenvalue weighted by atomic mass is 19.3. The van der Waals surface area contributed by atoms with Crippen LogP contribution in [0.4, 0.5) is 14.6 Å². The highest BCUT2D eigenvalue weighted by Gasteiger charge is 2.21. The van der Waals surface area contributed by atoms with Gasteiger partial charge in [0.25, 0.3) is 5.56 Å². The van der Waals surface area contributed by atoms with Gasteiger partial charge in [0.05, 0.1) is 5.56 Å². The molecule has 0 aliphatic rings. The minimum absolute atomic E-state index is 0.0211. The molecule has 0 atom stereocenters. The molecule has 0 radical (unpaired) electrons. The average molecular weight is 397 g/mol. The van der Waals surface area contributed by atoms with E-state index in [1.54, 1.807) is 6.92 Å². The normalized spacial score (nSPS) is 10.7. The van der Waals surface area contributed by atoms with Gasteiger partial charge in [-0.25, -0.2) is 9.59 Å². The van der Waals surface area contributed by atoms with E-state index < -0.39 is 41.8 Å². The zero-order valence-electron chi connectivity index (χ0n) is 14.7. The Kier molecular flexibility index (Phi) is 6.64. The van der Waals surface area contributed by atoms with E-state index in [9.17, 15) is 28.0 Å². The van der Waals surface area contributed by atoms with Crippen molar-refractivity contribution >= 4 is 17.6 Å². The van der Waals surface area contributed by atoms with E-state index in [1.807, 2.05) is 4.98 Å². The first-order valence-electron chi connectivity index (χ1n) is 8.12. The first-order chi connectivity index (χ1) is 13.2. The molecule has 0 fully saturated rings. The summed E-state index contributed by atoms with van der Waals surface area (Å²) in [6.07, 6.45) is 0.532. The number of anilines is 1. The summed E-state index contributed by atoms with van der Waals surface area (Å²) >= 11 is 0. The van der Waals surface area contributed by atoms with Crippen LogP contribution in [-0.4, -0.2) is 34.5 Å². The van der Waals surface area contributed by atoms with Crippen LogP contribution < -0.4 is 21.7 Å². The molecule has 150 valence electrons. The van der Waals surface area contributed by atoms with Gasteiger partial charge in [0.2, 0.25) is 5.78 Å². The number of hydrogen-bond acceptors (Lipinski definition) is 7. The Bertz CT molecular complexity index is 982. The van der Waals surface area contributed by atoms with E-state index in [1.165, 1.54) is 12.1 Å². The molecule has 2 aromatic rings. The predicted molar refractivity (Wildman–Crippen MR) is 93.7 cm³/mol. The van der Waals surface area contributed by atoms with Crippen molar-refractivity contribution in [2.45, 2.75) is 26.5 Å². The molecule has 0 aliphatic carbocycles. The van der Waals surface area contributed by atoms with Gasteiger partial charge in [-0.1, -0.05) is 6.92 Å². The predicted octanol–water partition coefficient (Wildman–Crippen LogP) is 1.17. The molecule has 2 rings (SSSR count). The molecule has 0 aliphatic heterocycles. The Labute approximate surface area is 156 Å². The maximum absolute atomic E-state index is 12.3. The summed E-state index contributed by atoms with van der Waals surface area (Å²) < 4.78 is 34.2. The monoisotopic (exact) mass is 397 g/mol. The fraction of sp³-hybridized carbons (Fsp3) is 0.294. The standard InChI is InChI=1S/C17H17F2N3O6/c1-2-7-22-13(20)12(14(24)21-17(22)26)11(23)8-27-15(25)9-3-5-10(6-4-9)28-16(18)19/h3-6,16H,2,7-8,20H2,1H3,(H,21,24,26). The number of aromatic nitrogens is 2. The molecular weight excluding hydrogens is 380 g/mol. The molecule has 9 nitrogen and oxygen atoms in total. The summed E-state index contributed by atoms with van der Waals surface area (Å²) in [6, 6.07) is 4.61. The molecule has 1 aromatic carbocycles. The molecule has 11 heteroatoms. The second-order valence-electron chi connectivity index (χ2n) is 5.57. The number of esters is 1. The minimum Gasteiger partial charge on any atom is -0.454 e. The average Bonchev–Trinajstić information content (AvgIpc) is 2.63. The summed E-state index contributed by atoms with van der Waals surface area (Å²) in [6.45, 7) is -1.84. The van der Waals surface area contributed by atoms with Crippen LogP contribution in [0.2, 0.25) is 0 Å². The smallest absolute Gasteiger partial charge is 0.387 e. The maximum atomic E-state index is 12.3. The number of rotatable bonds is 8. The van der Waals surface area contributed by atoms with E-state index in [0.29, 0.717) is 6.42 Å². The molecule has 0 saturated heterocycles. The van der Waals surface area contributed by atoms with Crippen LogP contribution in [0.25, 0.3) is 0 Å². The Morgan fingerprint density at radius 2 is 1.86 bits per heavy atom. The van der Waals surface area contributed by atoms with E-state index >= 15 is 0 Å². The summed E-state index contributed by atoms with van der Waals surface area (Å²) in [5, 5.41) is 0. The van der Waals surface area contributed by atoms with Gasteiger partial charge < -0.3 is 15.2 Å². The number of carbonyl (C=O) groups excluding carboxylic acids is 2. The highest BCUT2D eigenvalue weighted by Crippen LogP contribution is 2.15. The summed E-state index contributed by atoms with van der Waals surface area (Å²) in [7, 11) is 0. The lowest BCUT2D eigenvalue weighted by Gasteiger charge is -2.11. The first-order valence-corrected chi connectivity index (χ1v) is 8.12. The number of ketones is 1. The van der Waals surface area contributed by atoms with Crippen LogP contribution in [0.15, 0.2) is 33.9 Å². The van der Waals surface area contributed by atoms with Crippen LogP contribution >= 0.6 is 0 Å². The SMILES string of the molecule is CCCn1c(N)c(C(=O)COC(=O)c2ccc(OC(F)F)cc2)c(=O)[nH]c1=O. The van der Waals surface area contributed by atoms with Crippen molar-refractivity contribution in [2.75, 3.05) is 12.3 Å². The van der Waals surface area contributed by atoms with Gasteiger partial charge in [0.15, 0.2) is 6.61 Å². The molecule has 0 unspecified atom stereocenters. The molecule has 0 spiro atoms. The van der Waals surface area contributed by atoms with E-state index in [4.69, 9.17) is 10.5 Å². The van der Waals surface area contributed by atoms with Crippen molar-refractivity contribution in [3.63, 3.8) is 0 Å². The molecule has 0 saturated carbocycles. The topological polar surface area (TPSA) is 133 Å². The Morgan fingerprint density at radius 1 is 1.21 bits per heavy atom. The Morgan fingerprint density at radius 3 is 2.43 bits per heavy atom. The third-order valence-corrected chi connectivity index (χ3v) is 3.62. The van der Waals surface area contributed by atoms with Gasteiger partial charge in [0, 0.05) is 6.54 Å². The molecule has 1 heterocycles. The number of hydrogen-bond donors (Lipinski definition) is 2. The third kappa shape index (κ3) is 4.81. The number of halogens is 2. The molecule has 0 amide bonds. The molecule has 28 heavy (non-hydrogen) atoms. The number of nitrogens with one attached hydrogen (secondary N) is 1. The fourth-order valence-electron chi connectivity index (χ4n) is 2.36. The van der Waals surface area contributed by atoms with E-state index in [2.05, 4.69) is 4.74 Å². The van der Waals surface area contributed by atoms with Gasteiger partial charge in [-0.15, -0.1) is 0 Å². The van der Waals surface area contributed by atoms with Gasteiger partial charge in [0.1, 0.15) is 17.1 Å². The van der Waals surface area contributed by atoms with Crippen LogP contribution in [0, 0.1) is 0 Å². The molecular formula is C17H17F2N3O6. The summed E-state index contributed by atoms with van der Waals surface area (Å²) in [5.41, 5.74) is 3.52.